The van der Waals surface area contributed by atoms with Crippen molar-refractivity contribution >= 4 is 34.7 Å². The van der Waals surface area contributed by atoms with Gasteiger partial charge in [0.2, 0.25) is 5.91 Å². The Labute approximate surface area is 172 Å². The van der Waals surface area contributed by atoms with Gasteiger partial charge in [-0.15, -0.1) is 11.3 Å². The van der Waals surface area contributed by atoms with Gasteiger partial charge in [-0.25, -0.2) is 9.37 Å². The second kappa shape index (κ2) is 8.75. The highest BCUT2D eigenvalue weighted by molar-refractivity contribution is 8.01. The highest BCUT2D eigenvalue weighted by Gasteiger charge is 2.21. The van der Waals surface area contributed by atoms with E-state index >= 15 is 0 Å². The molecule has 0 bridgehead atoms. The molecule has 0 saturated carbocycles. The van der Waals surface area contributed by atoms with Crippen molar-refractivity contribution in [3.63, 3.8) is 0 Å². The van der Waals surface area contributed by atoms with Crippen molar-refractivity contribution < 1.29 is 9.18 Å². The van der Waals surface area contributed by atoms with Crippen LogP contribution in [-0.4, -0.2) is 47.7 Å². The third-order valence-electron chi connectivity index (χ3n) is 4.70. The van der Waals surface area contributed by atoms with Crippen LogP contribution in [0.25, 0.3) is 11.3 Å². The largest absolute Gasteiger partial charge is 0.368 e. The Balaban J connectivity index is 1.27. The third-order valence-corrected chi connectivity index (χ3v) is 6.70. The highest BCUT2D eigenvalue weighted by atomic mass is 32.2. The summed E-state index contributed by atoms with van der Waals surface area (Å²) in [5, 5.41) is 2.03. The van der Waals surface area contributed by atoms with Crippen molar-refractivity contribution in [2.75, 3.05) is 36.8 Å². The second-order valence-corrected chi connectivity index (χ2v) is 8.58. The minimum atomic E-state index is -0.229. The number of rotatable bonds is 5. The number of aromatic nitrogens is 1. The van der Waals surface area contributed by atoms with Crippen LogP contribution in [0.2, 0.25) is 0 Å². The van der Waals surface area contributed by atoms with Gasteiger partial charge >= 0.3 is 0 Å². The molecule has 1 saturated heterocycles. The quantitative estimate of drug-likeness (QED) is 0.582. The molecule has 28 heavy (non-hydrogen) atoms. The van der Waals surface area contributed by atoms with Gasteiger partial charge in [-0.1, -0.05) is 42.1 Å². The summed E-state index contributed by atoms with van der Waals surface area (Å²) in [6, 6.07) is 16.6. The monoisotopic (exact) mass is 413 g/mol. The zero-order valence-electron chi connectivity index (χ0n) is 15.3. The van der Waals surface area contributed by atoms with Gasteiger partial charge in [0, 0.05) is 42.8 Å². The molecule has 2 aromatic carbocycles. The van der Waals surface area contributed by atoms with E-state index in [4.69, 9.17) is 0 Å². The zero-order chi connectivity index (χ0) is 19.3. The number of hydrogen-bond acceptors (Lipinski definition) is 5. The summed E-state index contributed by atoms with van der Waals surface area (Å²) in [6.07, 6.45) is 0. The second-order valence-electron chi connectivity index (χ2n) is 6.50. The summed E-state index contributed by atoms with van der Waals surface area (Å²) in [4.78, 5) is 21.3. The van der Waals surface area contributed by atoms with Crippen molar-refractivity contribution in [1.29, 1.82) is 0 Å². The van der Waals surface area contributed by atoms with Crippen LogP contribution in [0.1, 0.15) is 0 Å². The number of carbonyl (C=O) groups excluding carboxylic acids is 1. The van der Waals surface area contributed by atoms with Gasteiger partial charge in [0.1, 0.15) is 5.82 Å². The third kappa shape index (κ3) is 4.54. The van der Waals surface area contributed by atoms with Crippen LogP contribution in [0, 0.1) is 5.82 Å². The molecule has 4 nitrogen and oxygen atoms in total. The molecule has 7 heteroatoms. The normalized spacial score (nSPS) is 14.3. The van der Waals surface area contributed by atoms with Crippen LogP contribution in [0.4, 0.5) is 10.1 Å². The van der Waals surface area contributed by atoms with Crippen molar-refractivity contribution in [3.8, 4) is 11.3 Å². The van der Waals surface area contributed by atoms with Gasteiger partial charge in [0.05, 0.1) is 11.4 Å². The molecule has 0 spiro atoms. The van der Waals surface area contributed by atoms with Crippen molar-refractivity contribution in [1.82, 2.24) is 9.88 Å². The van der Waals surface area contributed by atoms with Gasteiger partial charge < -0.3 is 9.80 Å². The summed E-state index contributed by atoms with van der Waals surface area (Å²) in [5.41, 5.74) is 3.04. The number of hydrogen-bond donors (Lipinski definition) is 0. The van der Waals surface area contributed by atoms with Crippen LogP contribution in [0.15, 0.2) is 64.3 Å². The molecule has 3 aromatic rings. The standard InChI is InChI=1S/C21H20FN3OS2/c22-17-6-8-18(9-7-17)24-10-12-25(13-11-24)20(26)15-28-21-23-19(14-27-21)16-4-2-1-3-5-16/h1-9,14H,10-13,15H2. The number of piperazine rings is 1. The van der Waals surface area contributed by atoms with Gasteiger partial charge in [-0.05, 0) is 24.3 Å². The number of anilines is 1. The van der Waals surface area contributed by atoms with E-state index in [1.54, 1.807) is 23.5 Å². The Kier molecular flexibility index (Phi) is 5.92. The van der Waals surface area contributed by atoms with Crippen molar-refractivity contribution in [2.45, 2.75) is 4.34 Å². The molecule has 0 atom stereocenters. The lowest BCUT2D eigenvalue weighted by Gasteiger charge is -2.36. The van der Waals surface area contributed by atoms with Gasteiger partial charge in [0.15, 0.2) is 4.34 Å². The van der Waals surface area contributed by atoms with Gasteiger partial charge in [-0.3, -0.25) is 4.79 Å². The number of benzene rings is 2. The zero-order valence-corrected chi connectivity index (χ0v) is 16.9. The molecule has 1 aliphatic rings. The van der Waals surface area contributed by atoms with Crippen LogP contribution in [0.3, 0.4) is 0 Å². The molecule has 0 N–H and O–H groups in total. The number of halogens is 1. The van der Waals surface area contributed by atoms with E-state index in [1.807, 2.05) is 40.6 Å². The number of carbonyl (C=O) groups is 1. The fourth-order valence-electron chi connectivity index (χ4n) is 3.15. The minimum absolute atomic E-state index is 0.139. The summed E-state index contributed by atoms with van der Waals surface area (Å²) in [5.74, 6) is 0.311. The summed E-state index contributed by atoms with van der Waals surface area (Å²) in [7, 11) is 0. The summed E-state index contributed by atoms with van der Waals surface area (Å²) in [6.45, 7) is 2.89. The maximum atomic E-state index is 13.1. The van der Waals surface area contributed by atoms with E-state index in [0.717, 1.165) is 34.4 Å². The maximum absolute atomic E-state index is 13.1. The first-order chi connectivity index (χ1) is 13.7. The van der Waals surface area contributed by atoms with Crippen LogP contribution < -0.4 is 4.90 Å². The van der Waals surface area contributed by atoms with Gasteiger partial charge in [0.25, 0.3) is 0 Å². The Morgan fingerprint density at radius 2 is 1.75 bits per heavy atom. The first kappa shape index (κ1) is 19.0. The van der Waals surface area contributed by atoms with Crippen LogP contribution in [0.5, 0.6) is 0 Å². The van der Waals surface area contributed by atoms with E-state index in [-0.39, 0.29) is 11.7 Å². The maximum Gasteiger partial charge on any atom is 0.233 e. The summed E-state index contributed by atoms with van der Waals surface area (Å²) >= 11 is 3.07. The molecular formula is C21H20FN3OS2. The molecule has 0 unspecified atom stereocenters. The molecule has 1 aromatic heterocycles. The Morgan fingerprint density at radius 1 is 1.04 bits per heavy atom. The lowest BCUT2D eigenvalue weighted by atomic mass is 10.2. The first-order valence-corrected chi connectivity index (χ1v) is 11.0. The molecule has 1 aliphatic heterocycles. The molecule has 0 radical (unpaired) electrons. The molecule has 0 aliphatic carbocycles. The molecule has 4 rings (SSSR count). The molecular weight excluding hydrogens is 393 g/mol. The number of nitrogens with zero attached hydrogens (tertiary/aromatic N) is 3. The lowest BCUT2D eigenvalue weighted by molar-refractivity contribution is -0.128. The Hall–Kier alpha value is -2.38. The number of amides is 1. The highest BCUT2D eigenvalue weighted by Crippen LogP contribution is 2.28. The predicted octanol–water partition coefficient (Wildman–Crippen LogP) is 4.39. The SMILES string of the molecule is O=C(CSc1nc(-c2ccccc2)cs1)N1CCN(c2ccc(F)cc2)CC1. The average Bonchev–Trinajstić information content (AvgIpc) is 3.22. The van der Waals surface area contributed by atoms with Crippen LogP contribution >= 0.6 is 23.1 Å². The Morgan fingerprint density at radius 3 is 2.46 bits per heavy atom. The average molecular weight is 414 g/mol. The molecule has 1 fully saturated rings. The van der Waals surface area contributed by atoms with E-state index < -0.39 is 0 Å². The number of thioether (sulfide) groups is 1. The molecule has 144 valence electrons. The fourth-order valence-corrected chi connectivity index (χ4v) is 4.88. The first-order valence-electron chi connectivity index (χ1n) is 9.11. The minimum Gasteiger partial charge on any atom is -0.368 e. The predicted molar refractivity (Wildman–Crippen MR) is 113 cm³/mol. The lowest BCUT2D eigenvalue weighted by Crippen LogP contribution is -2.49. The van der Waals surface area contributed by atoms with Gasteiger partial charge in [-0.2, -0.15) is 0 Å². The molecule has 2 heterocycles. The van der Waals surface area contributed by atoms with E-state index in [2.05, 4.69) is 9.88 Å². The number of thiazole rings is 1. The van der Waals surface area contributed by atoms with E-state index in [9.17, 15) is 9.18 Å². The van der Waals surface area contributed by atoms with Crippen molar-refractivity contribution in [3.05, 3.63) is 65.8 Å². The molecule has 1 amide bonds. The fraction of sp³-hybridized carbons (Fsp3) is 0.238. The Bertz CT molecular complexity index is 922. The van der Waals surface area contributed by atoms with Crippen molar-refractivity contribution in [2.24, 2.45) is 0 Å². The smallest absolute Gasteiger partial charge is 0.233 e. The topological polar surface area (TPSA) is 36.4 Å². The van der Waals surface area contributed by atoms with E-state index in [0.29, 0.717) is 18.8 Å². The van der Waals surface area contributed by atoms with E-state index in [1.165, 1.54) is 23.9 Å². The van der Waals surface area contributed by atoms with Crippen LogP contribution in [-0.2, 0) is 4.79 Å². The summed E-state index contributed by atoms with van der Waals surface area (Å²) < 4.78 is 14.0.